The van der Waals surface area contributed by atoms with Gasteiger partial charge >= 0.3 is 0 Å². The quantitative estimate of drug-likeness (QED) is 0.929. The van der Waals surface area contributed by atoms with Crippen molar-refractivity contribution in [1.82, 2.24) is 0 Å². The summed E-state index contributed by atoms with van der Waals surface area (Å²) in [5.74, 6) is 1.68. The number of hydrogen-bond donors (Lipinski definition) is 1. The molecule has 1 atom stereocenters. The predicted octanol–water partition coefficient (Wildman–Crippen LogP) is 1.91. The minimum atomic E-state index is 0.837. The normalized spacial score (nSPS) is 17.6. The molecular formula is C16H20NO2S+. The number of benzene rings is 1. The van der Waals surface area contributed by atoms with Crippen LogP contribution in [0.5, 0.6) is 11.5 Å². The summed E-state index contributed by atoms with van der Waals surface area (Å²) in [6, 6.07) is 8.63. The lowest BCUT2D eigenvalue weighted by atomic mass is 9.99. The average Bonchev–Trinajstić information content (AvgIpc) is 2.98. The summed E-state index contributed by atoms with van der Waals surface area (Å²) in [7, 11) is 3.39. The summed E-state index contributed by atoms with van der Waals surface area (Å²) in [5, 5.41) is 2.15. The molecule has 0 fully saturated rings. The lowest BCUT2D eigenvalue weighted by molar-refractivity contribution is -0.929. The van der Waals surface area contributed by atoms with Crippen molar-refractivity contribution >= 4 is 11.3 Å². The molecule has 1 aromatic heterocycles. The van der Waals surface area contributed by atoms with E-state index in [-0.39, 0.29) is 0 Å². The van der Waals surface area contributed by atoms with Crippen LogP contribution in [-0.2, 0) is 19.5 Å². The number of thiophene rings is 1. The fraction of sp³-hybridized carbons (Fsp3) is 0.375. The summed E-state index contributed by atoms with van der Waals surface area (Å²) in [4.78, 5) is 3.08. The molecule has 3 rings (SSSR count). The van der Waals surface area contributed by atoms with E-state index in [0.29, 0.717) is 0 Å². The molecule has 0 spiro atoms. The smallest absolute Gasteiger partial charge is 0.161 e. The molecule has 4 heteroatoms. The highest BCUT2D eigenvalue weighted by Crippen LogP contribution is 2.31. The standard InChI is InChI=1S/C16H19NO2S/c1-18-15-8-12-5-6-17(11-14-4-3-7-20-14)10-13(12)9-16(15)19-2/h3-4,7-9H,5-6,10-11H2,1-2H3/p+1. The molecule has 1 aromatic carbocycles. The van der Waals surface area contributed by atoms with Crippen LogP contribution in [-0.4, -0.2) is 20.8 Å². The van der Waals surface area contributed by atoms with Crippen LogP contribution < -0.4 is 14.4 Å². The Morgan fingerprint density at radius 3 is 2.55 bits per heavy atom. The van der Waals surface area contributed by atoms with Gasteiger partial charge in [0.1, 0.15) is 13.1 Å². The molecule has 106 valence electrons. The van der Waals surface area contributed by atoms with Crippen molar-refractivity contribution in [1.29, 1.82) is 0 Å². The Morgan fingerprint density at radius 1 is 1.15 bits per heavy atom. The van der Waals surface area contributed by atoms with Gasteiger partial charge in [-0.25, -0.2) is 0 Å². The number of nitrogens with one attached hydrogen (secondary N) is 1. The van der Waals surface area contributed by atoms with Gasteiger partial charge in [0, 0.05) is 12.0 Å². The number of fused-ring (bicyclic) bond motifs is 1. The summed E-state index contributed by atoms with van der Waals surface area (Å²) < 4.78 is 10.8. The van der Waals surface area contributed by atoms with Crippen LogP contribution in [0.2, 0.25) is 0 Å². The van der Waals surface area contributed by atoms with Gasteiger partial charge in [0.05, 0.1) is 25.6 Å². The molecule has 3 nitrogen and oxygen atoms in total. The number of methoxy groups -OCH3 is 2. The molecule has 2 aromatic rings. The Balaban J connectivity index is 1.80. The molecule has 0 bridgehead atoms. The second-order valence-electron chi connectivity index (χ2n) is 5.16. The van der Waals surface area contributed by atoms with E-state index in [1.807, 2.05) is 11.3 Å². The number of ether oxygens (including phenoxy) is 2. The summed E-state index contributed by atoms with van der Waals surface area (Å²) in [5.41, 5.74) is 2.79. The van der Waals surface area contributed by atoms with Crippen LogP contribution >= 0.6 is 11.3 Å². The highest BCUT2D eigenvalue weighted by molar-refractivity contribution is 7.09. The predicted molar refractivity (Wildman–Crippen MR) is 80.8 cm³/mol. The minimum absolute atomic E-state index is 0.837. The van der Waals surface area contributed by atoms with Crippen molar-refractivity contribution in [3.63, 3.8) is 0 Å². The molecule has 20 heavy (non-hydrogen) atoms. The fourth-order valence-electron chi connectivity index (χ4n) is 2.84. The Morgan fingerprint density at radius 2 is 1.90 bits per heavy atom. The molecule has 0 saturated carbocycles. The monoisotopic (exact) mass is 290 g/mol. The molecule has 0 aliphatic carbocycles. The fourth-order valence-corrected chi connectivity index (χ4v) is 3.62. The first-order chi connectivity index (χ1) is 9.80. The first kappa shape index (κ1) is 13.5. The van der Waals surface area contributed by atoms with Gasteiger partial charge in [-0.15, -0.1) is 11.3 Å². The molecule has 2 heterocycles. The molecule has 1 N–H and O–H groups in total. The molecule has 1 aliphatic heterocycles. The van der Waals surface area contributed by atoms with Gasteiger partial charge in [0.25, 0.3) is 0 Å². The van der Waals surface area contributed by atoms with Crippen molar-refractivity contribution in [3.8, 4) is 11.5 Å². The molecule has 0 saturated heterocycles. The largest absolute Gasteiger partial charge is 0.493 e. The lowest BCUT2D eigenvalue weighted by Gasteiger charge is -2.26. The van der Waals surface area contributed by atoms with E-state index in [9.17, 15) is 0 Å². The zero-order valence-electron chi connectivity index (χ0n) is 11.9. The molecular weight excluding hydrogens is 270 g/mol. The van der Waals surface area contributed by atoms with Crippen LogP contribution in [0.15, 0.2) is 29.6 Å². The van der Waals surface area contributed by atoms with Gasteiger partial charge in [-0.1, -0.05) is 6.07 Å². The zero-order valence-corrected chi connectivity index (χ0v) is 12.8. The highest BCUT2D eigenvalue weighted by atomic mass is 32.1. The molecule has 0 radical (unpaired) electrons. The van der Waals surface area contributed by atoms with E-state index in [1.54, 1.807) is 19.1 Å². The second kappa shape index (κ2) is 5.85. The van der Waals surface area contributed by atoms with Crippen LogP contribution in [0.3, 0.4) is 0 Å². The third-order valence-corrected chi connectivity index (χ3v) is 4.77. The first-order valence-corrected chi connectivity index (χ1v) is 7.78. The van der Waals surface area contributed by atoms with Crippen LogP contribution in [0.4, 0.5) is 0 Å². The number of rotatable bonds is 4. The van der Waals surface area contributed by atoms with Gasteiger partial charge in [0.15, 0.2) is 11.5 Å². The second-order valence-corrected chi connectivity index (χ2v) is 6.19. The number of hydrogen-bond acceptors (Lipinski definition) is 3. The third kappa shape index (κ3) is 2.67. The maximum atomic E-state index is 5.41. The van der Waals surface area contributed by atoms with Crippen LogP contribution in [0.1, 0.15) is 16.0 Å². The SMILES string of the molecule is COc1cc2c(cc1OC)C[NH+](Cc1cccs1)CC2. The Labute approximate surface area is 123 Å². The van der Waals surface area contributed by atoms with Crippen LogP contribution in [0.25, 0.3) is 0 Å². The maximum Gasteiger partial charge on any atom is 0.161 e. The van der Waals surface area contributed by atoms with E-state index < -0.39 is 0 Å². The molecule has 1 unspecified atom stereocenters. The maximum absolute atomic E-state index is 5.41. The zero-order chi connectivity index (χ0) is 13.9. The topological polar surface area (TPSA) is 22.9 Å². The van der Waals surface area contributed by atoms with Crippen molar-refractivity contribution in [2.45, 2.75) is 19.5 Å². The van der Waals surface area contributed by atoms with E-state index in [2.05, 4.69) is 29.6 Å². The van der Waals surface area contributed by atoms with E-state index in [4.69, 9.17) is 9.47 Å². The summed E-state index contributed by atoms with van der Waals surface area (Å²) in [6.07, 6.45) is 1.11. The molecule has 0 amide bonds. The van der Waals surface area contributed by atoms with Crippen molar-refractivity contribution in [2.75, 3.05) is 20.8 Å². The van der Waals surface area contributed by atoms with Crippen molar-refractivity contribution < 1.29 is 14.4 Å². The van der Waals surface area contributed by atoms with E-state index >= 15 is 0 Å². The number of quaternary nitrogens is 1. The molecule has 1 aliphatic rings. The Kier molecular flexibility index (Phi) is 3.94. The lowest BCUT2D eigenvalue weighted by Crippen LogP contribution is -3.10. The van der Waals surface area contributed by atoms with Gasteiger partial charge in [-0.3, -0.25) is 0 Å². The van der Waals surface area contributed by atoms with Crippen LogP contribution in [0, 0.1) is 0 Å². The van der Waals surface area contributed by atoms with Crippen molar-refractivity contribution in [3.05, 3.63) is 45.6 Å². The highest BCUT2D eigenvalue weighted by Gasteiger charge is 2.22. The third-order valence-electron chi connectivity index (χ3n) is 3.90. The Bertz CT molecular complexity index is 580. The van der Waals surface area contributed by atoms with Gasteiger partial charge in [0.2, 0.25) is 0 Å². The summed E-state index contributed by atoms with van der Waals surface area (Å²) in [6.45, 7) is 3.36. The van der Waals surface area contributed by atoms with Crippen molar-refractivity contribution in [2.24, 2.45) is 0 Å². The van der Waals surface area contributed by atoms with Gasteiger partial charge < -0.3 is 14.4 Å². The summed E-state index contributed by atoms with van der Waals surface area (Å²) >= 11 is 1.85. The van der Waals surface area contributed by atoms with E-state index in [1.165, 1.54) is 22.5 Å². The first-order valence-electron chi connectivity index (χ1n) is 6.90. The van der Waals surface area contributed by atoms with Gasteiger partial charge in [-0.05, 0) is 29.1 Å². The Hall–Kier alpha value is -1.52. The van der Waals surface area contributed by atoms with E-state index in [0.717, 1.165) is 31.0 Å². The average molecular weight is 290 g/mol. The van der Waals surface area contributed by atoms with Gasteiger partial charge in [-0.2, -0.15) is 0 Å². The minimum Gasteiger partial charge on any atom is -0.493 e.